The third-order valence-corrected chi connectivity index (χ3v) is 4.64. The summed E-state index contributed by atoms with van der Waals surface area (Å²) in [4.78, 5) is 47.7. The van der Waals surface area contributed by atoms with Crippen molar-refractivity contribution in [3.63, 3.8) is 0 Å². The summed E-state index contributed by atoms with van der Waals surface area (Å²) in [6.07, 6.45) is 2.12. The summed E-state index contributed by atoms with van der Waals surface area (Å²) in [6.45, 7) is 1.97. The molecule has 9 nitrogen and oxygen atoms in total. The van der Waals surface area contributed by atoms with Gasteiger partial charge in [0, 0.05) is 30.3 Å². The molecule has 0 heterocycles. The molecule has 0 aromatic heterocycles. The highest BCUT2D eigenvalue weighted by atomic mass is 16.5. The lowest BCUT2D eigenvalue weighted by molar-refractivity contribution is -0.147. The molecular formula is C25H30N2O7. The van der Waals surface area contributed by atoms with Crippen molar-refractivity contribution in [3.05, 3.63) is 54.1 Å². The van der Waals surface area contributed by atoms with Crippen molar-refractivity contribution in [2.24, 2.45) is 0 Å². The van der Waals surface area contributed by atoms with E-state index in [1.807, 2.05) is 6.92 Å². The number of anilines is 2. The monoisotopic (exact) mass is 470 g/mol. The number of hydrogen-bond acceptors (Lipinski definition) is 7. The number of nitrogens with one attached hydrogen (secondary N) is 2. The van der Waals surface area contributed by atoms with Crippen LogP contribution in [-0.4, -0.2) is 44.1 Å². The molecule has 182 valence electrons. The fourth-order valence-electron chi connectivity index (χ4n) is 2.82. The molecule has 0 saturated heterocycles. The smallest absolute Gasteiger partial charge is 0.338 e. The van der Waals surface area contributed by atoms with Crippen LogP contribution in [0, 0.1) is 0 Å². The summed E-state index contributed by atoms with van der Waals surface area (Å²) >= 11 is 0. The van der Waals surface area contributed by atoms with Gasteiger partial charge in [-0.05, 0) is 49.2 Å². The predicted molar refractivity (Wildman–Crippen MR) is 127 cm³/mol. The second-order valence-corrected chi connectivity index (χ2v) is 7.41. The number of benzene rings is 2. The number of amides is 2. The van der Waals surface area contributed by atoms with Crippen LogP contribution in [0.3, 0.4) is 0 Å². The highest BCUT2D eigenvalue weighted by Gasteiger charge is 2.11. The van der Waals surface area contributed by atoms with Crippen molar-refractivity contribution in [3.8, 4) is 5.75 Å². The number of esters is 2. The van der Waals surface area contributed by atoms with Crippen LogP contribution in [0.2, 0.25) is 0 Å². The van der Waals surface area contributed by atoms with E-state index in [0.29, 0.717) is 29.3 Å². The molecule has 0 spiro atoms. The van der Waals surface area contributed by atoms with Gasteiger partial charge in [0.2, 0.25) is 5.91 Å². The van der Waals surface area contributed by atoms with Gasteiger partial charge in [-0.3, -0.25) is 14.4 Å². The number of hydrogen-bond donors (Lipinski definition) is 2. The number of unbranched alkanes of at least 4 members (excludes halogenated alkanes) is 1. The van der Waals surface area contributed by atoms with Gasteiger partial charge in [0.25, 0.3) is 5.91 Å². The summed E-state index contributed by atoms with van der Waals surface area (Å²) in [5.41, 5.74) is 1.47. The van der Waals surface area contributed by atoms with Gasteiger partial charge in [-0.15, -0.1) is 0 Å². The number of carbonyl (C=O) groups excluding carboxylic acids is 4. The van der Waals surface area contributed by atoms with Crippen molar-refractivity contribution in [2.45, 2.75) is 39.0 Å². The molecule has 0 unspecified atom stereocenters. The van der Waals surface area contributed by atoms with E-state index >= 15 is 0 Å². The predicted octanol–water partition coefficient (Wildman–Crippen LogP) is 3.94. The Morgan fingerprint density at radius 1 is 0.824 bits per heavy atom. The van der Waals surface area contributed by atoms with Crippen LogP contribution in [-0.2, 0) is 23.9 Å². The van der Waals surface area contributed by atoms with Gasteiger partial charge in [-0.2, -0.15) is 0 Å². The molecule has 0 aliphatic rings. The van der Waals surface area contributed by atoms with E-state index in [4.69, 9.17) is 14.2 Å². The maximum atomic E-state index is 12.1. The molecule has 34 heavy (non-hydrogen) atoms. The van der Waals surface area contributed by atoms with Crippen molar-refractivity contribution in [1.82, 2.24) is 0 Å². The summed E-state index contributed by atoms with van der Waals surface area (Å²) in [5.74, 6) is -1.13. The fourth-order valence-corrected chi connectivity index (χ4v) is 2.82. The van der Waals surface area contributed by atoms with E-state index in [1.54, 1.807) is 48.5 Å². The van der Waals surface area contributed by atoms with Crippen LogP contribution in [0.15, 0.2) is 48.5 Å². The molecule has 2 rings (SSSR count). The van der Waals surface area contributed by atoms with Gasteiger partial charge in [-0.1, -0.05) is 19.4 Å². The highest BCUT2D eigenvalue weighted by molar-refractivity contribution is 5.94. The zero-order valence-electron chi connectivity index (χ0n) is 19.4. The van der Waals surface area contributed by atoms with Crippen LogP contribution in [0.25, 0.3) is 0 Å². The first-order valence-electron chi connectivity index (χ1n) is 11.1. The first-order valence-corrected chi connectivity index (χ1v) is 11.1. The van der Waals surface area contributed by atoms with E-state index in [2.05, 4.69) is 10.6 Å². The van der Waals surface area contributed by atoms with Gasteiger partial charge >= 0.3 is 11.9 Å². The quantitative estimate of drug-likeness (QED) is 0.336. The highest BCUT2D eigenvalue weighted by Crippen LogP contribution is 2.16. The Balaban J connectivity index is 1.64. The first-order chi connectivity index (χ1) is 16.4. The van der Waals surface area contributed by atoms with Crippen LogP contribution >= 0.6 is 0 Å². The molecule has 2 amide bonds. The minimum Gasteiger partial charge on any atom is -0.497 e. The van der Waals surface area contributed by atoms with Crippen LogP contribution in [0.4, 0.5) is 11.4 Å². The summed E-state index contributed by atoms with van der Waals surface area (Å²) in [7, 11) is 1.52. The molecule has 0 aliphatic heterocycles. The zero-order valence-corrected chi connectivity index (χ0v) is 19.4. The second kappa shape index (κ2) is 14.3. The standard InChI is InChI=1S/C25H30N2O7/c1-3-4-15-33-25(31)18-11-13-19(14-12-18)26-22(28)9-6-10-24(30)34-17-23(29)27-20-7-5-8-21(16-20)32-2/h5,7-8,11-14,16H,3-4,6,9-10,15,17H2,1-2H3,(H,26,28)(H,27,29). The lowest BCUT2D eigenvalue weighted by Crippen LogP contribution is -2.21. The largest absolute Gasteiger partial charge is 0.497 e. The SMILES string of the molecule is CCCCOC(=O)c1ccc(NC(=O)CCCC(=O)OCC(=O)Nc2cccc(OC)c2)cc1. The Kier molecular flexibility index (Phi) is 11.1. The Labute approximate surface area is 198 Å². The Morgan fingerprint density at radius 2 is 1.56 bits per heavy atom. The molecule has 9 heteroatoms. The number of methoxy groups -OCH3 is 1. The first kappa shape index (κ1) is 26.4. The molecule has 0 radical (unpaired) electrons. The van der Waals surface area contributed by atoms with Gasteiger partial charge < -0.3 is 24.8 Å². The summed E-state index contributed by atoms with van der Waals surface area (Å²) in [6, 6.07) is 13.2. The van der Waals surface area contributed by atoms with E-state index in [9.17, 15) is 19.2 Å². The molecule has 2 aromatic rings. The molecule has 0 fully saturated rings. The third-order valence-electron chi connectivity index (χ3n) is 4.64. The van der Waals surface area contributed by atoms with Gasteiger partial charge in [0.1, 0.15) is 5.75 Å². The normalized spacial score (nSPS) is 10.2. The minimum atomic E-state index is -0.570. The Morgan fingerprint density at radius 3 is 2.26 bits per heavy atom. The van der Waals surface area contributed by atoms with Crippen LogP contribution in [0.5, 0.6) is 5.75 Å². The average Bonchev–Trinajstić information content (AvgIpc) is 2.83. The van der Waals surface area contributed by atoms with E-state index in [0.717, 1.165) is 12.8 Å². The fraction of sp³-hybridized carbons (Fsp3) is 0.360. The van der Waals surface area contributed by atoms with E-state index in [1.165, 1.54) is 7.11 Å². The second-order valence-electron chi connectivity index (χ2n) is 7.41. The van der Waals surface area contributed by atoms with E-state index < -0.39 is 24.5 Å². The molecule has 2 N–H and O–H groups in total. The van der Waals surface area contributed by atoms with Crippen molar-refractivity contribution >= 4 is 35.1 Å². The molecule has 2 aromatic carbocycles. The minimum absolute atomic E-state index is 0.00238. The average molecular weight is 471 g/mol. The molecule has 0 bridgehead atoms. The van der Waals surface area contributed by atoms with Crippen LogP contribution in [0.1, 0.15) is 49.4 Å². The summed E-state index contributed by atoms with van der Waals surface area (Å²) in [5, 5.41) is 5.31. The van der Waals surface area contributed by atoms with Crippen LogP contribution < -0.4 is 15.4 Å². The number of rotatable bonds is 13. The molecule has 0 atom stereocenters. The lowest BCUT2D eigenvalue weighted by atomic mass is 10.2. The summed E-state index contributed by atoms with van der Waals surface area (Å²) < 4.78 is 15.2. The van der Waals surface area contributed by atoms with Crippen molar-refractivity contribution in [2.75, 3.05) is 31.0 Å². The van der Waals surface area contributed by atoms with Crippen molar-refractivity contribution < 1.29 is 33.4 Å². The molecular weight excluding hydrogens is 440 g/mol. The Hall–Kier alpha value is -3.88. The zero-order chi connectivity index (χ0) is 24.8. The van der Waals surface area contributed by atoms with Gasteiger partial charge in [0.15, 0.2) is 6.61 Å². The van der Waals surface area contributed by atoms with Crippen molar-refractivity contribution in [1.29, 1.82) is 0 Å². The maximum absolute atomic E-state index is 12.1. The maximum Gasteiger partial charge on any atom is 0.338 e. The van der Waals surface area contributed by atoms with E-state index in [-0.39, 0.29) is 25.2 Å². The molecule has 0 saturated carbocycles. The van der Waals surface area contributed by atoms with Gasteiger partial charge in [-0.25, -0.2) is 4.79 Å². The third kappa shape index (κ3) is 9.72. The number of carbonyl (C=O) groups is 4. The molecule has 0 aliphatic carbocycles. The van der Waals surface area contributed by atoms with Gasteiger partial charge in [0.05, 0.1) is 19.3 Å². The number of ether oxygens (including phenoxy) is 3. The topological polar surface area (TPSA) is 120 Å². The lowest BCUT2D eigenvalue weighted by Gasteiger charge is -2.08. The Bertz CT molecular complexity index is 973.